The van der Waals surface area contributed by atoms with Crippen LogP contribution in [0, 0.1) is 6.92 Å². The summed E-state index contributed by atoms with van der Waals surface area (Å²) in [6.07, 6.45) is -0.787. The van der Waals surface area contributed by atoms with Gasteiger partial charge in [-0.05, 0) is 24.6 Å². The highest BCUT2D eigenvalue weighted by molar-refractivity contribution is 7.09. The van der Waals surface area contributed by atoms with E-state index in [9.17, 15) is 4.79 Å². The van der Waals surface area contributed by atoms with Crippen LogP contribution in [0.15, 0.2) is 53.9 Å². The molecule has 2 aromatic carbocycles. The molecule has 1 aliphatic rings. The molecule has 1 fully saturated rings. The smallest absolute Gasteiger partial charge is 0.198 e. The predicted octanol–water partition coefficient (Wildman–Crippen LogP) is 4.36. The summed E-state index contributed by atoms with van der Waals surface area (Å²) in [7, 11) is 1.59. The average Bonchev–Trinajstić information content (AvgIpc) is 3.39. The number of nitrogens with zero attached hydrogens (tertiary/aromatic N) is 1. The largest absolute Gasteiger partial charge is 0.497 e. The van der Waals surface area contributed by atoms with Crippen molar-refractivity contribution in [3.63, 3.8) is 0 Å². The number of aromatic nitrogens is 1. The minimum absolute atomic E-state index is 0.101. The van der Waals surface area contributed by atoms with Crippen molar-refractivity contribution in [2.45, 2.75) is 25.7 Å². The molecular weight excluding hydrogens is 362 g/mol. The maximum atomic E-state index is 13.0. The number of hydrogen-bond donors (Lipinski definition) is 0. The Balaban J connectivity index is 1.54. The number of carbonyl (C=O) groups is 1. The number of benzene rings is 2. The maximum Gasteiger partial charge on any atom is 0.198 e. The highest BCUT2D eigenvalue weighted by Gasteiger charge is 2.48. The van der Waals surface area contributed by atoms with Gasteiger partial charge in [0.2, 0.25) is 0 Å². The third-order valence-electron chi connectivity index (χ3n) is 4.37. The third kappa shape index (κ3) is 3.86. The first kappa shape index (κ1) is 17.7. The number of aryl methyl sites for hydroxylation is 1. The van der Waals surface area contributed by atoms with Crippen molar-refractivity contribution in [1.82, 2.24) is 4.98 Å². The Hall–Kier alpha value is -2.70. The monoisotopic (exact) mass is 381 g/mol. The highest BCUT2D eigenvalue weighted by Crippen LogP contribution is 2.42. The van der Waals surface area contributed by atoms with Gasteiger partial charge in [-0.1, -0.05) is 30.3 Å². The third-order valence-corrected chi connectivity index (χ3v) is 5.16. The summed E-state index contributed by atoms with van der Waals surface area (Å²) in [5.74, 6) is 1.03. The lowest BCUT2D eigenvalue weighted by molar-refractivity contribution is 0.0949. The summed E-state index contributed by atoms with van der Waals surface area (Å²) < 4.78 is 16.8. The topological polar surface area (TPSA) is 61.0 Å². The Kier molecular flexibility index (Phi) is 4.92. The molecule has 0 N–H and O–H groups in total. The number of Topliss-reactive ketones (excluding diaryl/α,β-unsaturated/α-hetero) is 1. The zero-order chi connectivity index (χ0) is 18.8. The molecule has 0 amide bonds. The fourth-order valence-corrected chi connectivity index (χ4v) is 3.52. The Labute approximate surface area is 161 Å². The number of carbonyl (C=O) groups excluding carboxylic acids is 1. The molecule has 27 heavy (non-hydrogen) atoms. The second-order valence-electron chi connectivity index (χ2n) is 6.27. The van der Waals surface area contributed by atoms with E-state index in [1.807, 2.05) is 42.6 Å². The molecule has 1 saturated heterocycles. The first-order chi connectivity index (χ1) is 13.2. The number of ether oxygens (including phenoxy) is 3. The van der Waals surface area contributed by atoms with Gasteiger partial charge in [0.05, 0.1) is 23.4 Å². The van der Waals surface area contributed by atoms with Gasteiger partial charge in [-0.15, -0.1) is 11.3 Å². The lowest BCUT2D eigenvalue weighted by Gasteiger charge is -2.12. The van der Waals surface area contributed by atoms with Gasteiger partial charge in [0.15, 0.2) is 11.9 Å². The first-order valence-electron chi connectivity index (χ1n) is 8.62. The molecule has 5 nitrogen and oxygen atoms in total. The average molecular weight is 381 g/mol. The van der Waals surface area contributed by atoms with Gasteiger partial charge in [0.25, 0.3) is 0 Å². The lowest BCUT2D eigenvalue weighted by Crippen LogP contribution is -2.11. The fraction of sp³-hybridized carbons (Fsp3) is 0.238. The van der Waals surface area contributed by atoms with Crippen molar-refractivity contribution in [2.75, 3.05) is 7.11 Å². The number of rotatable bonds is 7. The van der Waals surface area contributed by atoms with E-state index in [-0.39, 0.29) is 11.9 Å². The minimum atomic E-state index is -0.515. The van der Waals surface area contributed by atoms with Gasteiger partial charge >= 0.3 is 0 Å². The molecule has 0 unspecified atom stereocenters. The van der Waals surface area contributed by atoms with E-state index in [0.717, 1.165) is 16.3 Å². The summed E-state index contributed by atoms with van der Waals surface area (Å²) in [5.41, 5.74) is 2.33. The standard InChI is InChI=1S/C21H19NO4S/c1-13-22-17(12-27-13)20-21(26-20)19(23)16-9-8-15(24-2)10-18(16)25-11-14-6-4-3-5-7-14/h3-10,12,20-21H,11H2,1-2H3/t20-,21-/m1/s1. The van der Waals surface area contributed by atoms with Crippen LogP contribution in [0.3, 0.4) is 0 Å². The predicted molar refractivity (Wildman–Crippen MR) is 103 cm³/mol. The van der Waals surface area contributed by atoms with Crippen molar-refractivity contribution < 1.29 is 19.0 Å². The molecule has 2 heterocycles. The summed E-state index contributed by atoms with van der Waals surface area (Å²) in [6.45, 7) is 2.31. The number of ketones is 1. The summed E-state index contributed by atoms with van der Waals surface area (Å²) in [6, 6.07) is 15.0. The Morgan fingerprint density at radius 3 is 2.74 bits per heavy atom. The van der Waals surface area contributed by atoms with E-state index in [0.29, 0.717) is 23.7 Å². The van der Waals surface area contributed by atoms with Crippen molar-refractivity contribution in [3.05, 3.63) is 75.7 Å². The van der Waals surface area contributed by atoms with E-state index in [1.54, 1.807) is 36.6 Å². The second-order valence-corrected chi connectivity index (χ2v) is 7.33. The van der Waals surface area contributed by atoms with Gasteiger partial charge < -0.3 is 14.2 Å². The number of thiazole rings is 1. The van der Waals surface area contributed by atoms with Gasteiger partial charge in [0.1, 0.15) is 24.2 Å². The summed E-state index contributed by atoms with van der Waals surface area (Å²) in [4.78, 5) is 17.4. The second kappa shape index (κ2) is 7.50. The van der Waals surface area contributed by atoms with Crippen LogP contribution >= 0.6 is 11.3 Å². The van der Waals surface area contributed by atoms with E-state index in [2.05, 4.69) is 4.98 Å². The minimum Gasteiger partial charge on any atom is -0.497 e. The van der Waals surface area contributed by atoms with Gasteiger partial charge in [-0.25, -0.2) is 4.98 Å². The molecule has 0 aliphatic carbocycles. The molecular formula is C21H19NO4S. The van der Waals surface area contributed by atoms with Crippen LogP contribution in [0.5, 0.6) is 11.5 Å². The van der Waals surface area contributed by atoms with Gasteiger partial charge in [0, 0.05) is 11.4 Å². The first-order valence-corrected chi connectivity index (χ1v) is 9.50. The molecule has 0 saturated carbocycles. The van der Waals surface area contributed by atoms with E-state index in [4.69, 9.17) is 14.2 Å². The molecule has 2 atom stereocenters. The quantitative estimate of drug-likeness (QED) is 0.449. The fourth-order valence-electron chi connectivity index (χ4n) is 2.89. The molecule has 3 aromatic rings. The van der Waals surface area contributed by atoms with Crippen molar-refractivity contribution in [3.8, 4) is 11.5 Å². The molecule has 6 heteroatoms. The molecule has 1 aliphatic heterocycles. The normalized spacial score (nSPS) is 18.1. The van der Waals surface area contributed by atoms with Crippen LogP contribution in [0.2, 0.25) is 0 Å². The van der Waals surface area contributed by atoms with Crippen LogP contribution < -0.4 is 9.47 Å². The number of methoxy groups -OCH3 is 1. The van der Waals surface area contributed by atoms with Crippen LogP contribution in [-0.4, -0.2) is 24.0 Å². The zero-order valence-corrected chi connectivity index (χ0v) is 15.9. The highest BCUT2D eigenvalue weighted by atomic mass is 32.1. The maximum absolute atomic E-state index is 13.0. The van der Waals surface area contributed by atoms with Crippen LogP contribution in [0.4, 0.5) is 0 Å². The van der Waals surface area contributed by atoms with Crippen LogP contribution in [0.1, 0.15) is 32.7 Å². The Morgan fingerprint density at radius 2 is 2.04 bits per heavy atom. The molecule has 0 bridgehead atoms. The number of hydrogen-bond acceptors (Lipinski definition) is 6. The van der Waals surface area contributed by atoms with Crippen LogP contribution in [0.25, 0.3) is 0 Å². The Morgan fingerprint density at radius 1 is 1.22 bits per heavy atom. The van der Waals surface area contributed by atoms with E-state index in [1.165, 1.54) is 0 Å². The van der Waals surface area contributed by atoms with Crippen molar-refractivity contribution >= 4 is 17.1 Å². The summed E-state index contributed by atoms with van der Waals surface area (Å²) >= 11 is 1.55. The zero-order valence-electron chi connectivity index (χ0n) is 15.0. The SMILES string of the molecule is COc1ccc(C(=O)[C@H]2O[C@@H]2c2csc(C)n2)c(OCc2ccccc2)c1. The van der Waals surface area contributed by atoms with Gasteiger partial charge in [-0.3, -0.25) is 4.79 Å². The molecule has 0 spiro atoms. The van der Waals surface area contributed by atoms with Crippen LogP contribution in [-0.2, 0) is 11.3 Å². The Bertz CT molecular complexity index is 954. The van der Waals surface area contributed by atoms with Gasteiger partial charge in [-0.2, -0.15) is 0 Å². The molecule has 4 rings (SSSR count). The molecule has 0 radical (unpaired) electrons. The summed E-state index contributed by atoms with van der Waals surface area (Å²) in [5, 5.41) is 2.90. The number of epoxide rings is 1. The van der Waals surface area contributed by atoms with E-state index >= 15 is 0 Å². The van der Waals surface area contributed by atoms with Crippen molar-refractivity contribution in [1.29, 1.82) is 0 Å². The van der Waals surface area contributed by atoms with E-state index < -0.39 is 6.10 Å². The lowest BCUT2D eigenvalue weighted by atomic mass is 10.0. The molecule has 1 aromatic heterocycles. The molecule has 138 valence electrons. The van der Waals surface area contributed by atoms with Crippen molar-refractivity contribution in [2.24, 2.45) is 0 Å².